The Bertz CT molecular complexity index is 1200. The first-order valence-electron chi connectivity index (χ1n) is 14.4. The zero-order chi connectivity index (χ0) is 28.7. The van der Waals surface area contributed by atoms with E-state index in [-0.39, 0.29) is 0 Å². The minimum Gasteiger partial charge on any atom is -0.398 e. The Kier molecular flexibility index (Phi) is 9.21. The van der Waals surface area contributed by atoms with Gasteiger partial charge in [0.2, 0.25) is 0 Å². The van der Waals surface area contributed by atoms with Crippen molar-refractivity contribution in [1.29, 1.82) is 0 Å². The summed E-state index contributed by atoms with van der Waals surface area (Å²) in [5, 5.41) is 0. The van der Waals surface area contributed by atoms with Crippen LogP contribution in [-0.4, -0.2) is 33.5 Å². The molecule has 4 aromatic carbocycles. The van der Waals surface area contributed by atoms with Crippen LogP contribution < -0.4 is 0 Å². The number of allylic oxidation sites excluding steroid dienone is 1. The van der Waals surface area contributed by atoms with Crippen molar-refractivity contribution in [3.63, 3.8) is 0 Å². The second-order valence-corrected chi connectivity index (χ2v) is 10.6. The molecular formula is C36H39BO4. The van der Waals surface area contributed by atoms with Crippen LogP contribution in [-0.2, 0) is 30.0 Å². The van der Waals surface area contributed by atoms with E-state index in [1.54, 1.807) is 14.2 Å². The van der Waals surface area contributed by atoms with Crippen LogP contribution in [0.3, 0.4) is 0 Å². The highest BCUT2D eigenvalue weighted by molar-refractivity contribution is 6.54. The molecule has 1 fully saturated rings. The topological polar surface area (TPSA) is 36.9 Å². The molecule has 0 amide bonds. The standard InChI is InChI=1S/C36H39BO4/c1-5-6-19-28(2)37-40-33(35(38-3,29-20-11-7-12-21-29)30-22-13-8-14-23-30)34(41-37)36(39-4,31-24-15-9-16-25-31)32-26-17-10-18-27-32/h7-18,20-27,33-34H,2,5-6,19H2,1,3-4H3/t33-,34-/m1/s1. The lowest BCUT2D eigenvalue weighted by Crippen LogP contribution is -2.56. The van der Waals surface area contributed by atoms with Crippen LogP contribution >= 0.6 is 0 Å². The molecule has 4 aromatic rings. The van der Waals surface area contributed by atoms with E-state index in [4.69, 9.17) is 18.8 Å². The summed E-state index contributed by atoms with van der Waals surface area (Å²) in [6, 6.07) is 41.1. The van der Waals surface area contributed by atoms with E-state index in [1.807, 2.05) is 72.8 Å². The number of ether oxygens (including phenoxy) is 2. The van der Waals surface area contributed by atoms with Gasteiger partial charge in [-0.2, -0.15) is 0 Å². The quantitative estimate of drug-likeness (QED) is 0.171. The van der Waals surface area contributed by atoms with Crippen LogP contribution in [0.5, 0.6) is 0 Å². The fraction of sp³-hybridized carbons (Fsp3) is 0.278. The van der Waals surface area contributed by atoms with Crippen LogP contribution in [0.4, 0.5) is 0 Å². The molecule has 1 heterocycles. The highest BCUT2D eigenvalue weighted by Crippen LogP contribution is 2.51. The Morgan fingerprint density at radius 3 is 1.22 bits per heavy atom. The zero-order valence-electron chi connectivity index (χ0n) is 24.2. The fourth-order valence-corrected chi connectivity index (χ4v) is 6.21. The molecule has 1 aliphatic heterocycles. The molecule has 41 heavy (non-hydrogen) atoms. The summed E-state index contributed by atoms with van der Waals surface area (Å²) in [7, 11) is 2.87. The van der Waals surface area contributed by atoms with Crippen molar-refractivity contribution in [3.05, 3.63) is 156 Å². The Labute approximate surface area is 245 Å². The van der Waals surface area contributed by atoms with Gasteiger partial charge in [-0.05, 0) is 34.1 Å². The van der Waals surface area contributed by atoms with Crippen LogP contribution in [0.25, 0.3) is 0 Å². The summed E-state index contributed by atoms with van der Waals surface area (Å²) in [4.78, 5) is 0. The summed E-state index contributed by atoms with van der Waals surface area (Å²) >= 11 is 0. The van der Waals surface area contributed by atoms with E-state index in [9.17, 15) is 0 Å². The Morgan fingerprint density at radius 1 is 0.634 bits per heavy atom. The van der Waals surface area contributed by atoms with Crippen molar-refractivity contribution < 1.29 is 18.8 Å². The van der Waals surface area contributed by atoms with Gasteiger partial charge in [-0.1, -0.05) is 141 Å². The molecule has 1 saturated heterocycles. The molecule has 5 heteroatoms. The van der Waals surface area contributed by atoms with Gasteiger partial charge in [0.25, 0.3) is 0 Å². The van der Waals surface area contributed by atoms with Gasteiger partial charge in [0, 0.05) is 14.2 Å². The lowest BCUT2D eigenvalue weighted by Gasteiger charge is -2.46. The van der Waals surface area contributed by atoms with Crippen LogP contribution in [0.1, 0.15) is 48.4 Å². The summed E-state index contributed by atoms with van der Waals surface area (Å²) < 4.78 is 27.4. The monoisotopic (exact) mass is 546 g/mol. The van der Waals surface area contributed by atoms with Crippen LogP contribution in [0, 0.1) is 0 Å². The van der Waals surface area contributed by atoms with Gasteiger partial charge in [-0.25, -0.2) is 0 Å². The van der Waals surface area contributed by atoms with Gasteiger partial charge in [-0.3, -0.25) is 0 Å². The molecule has 0 aromatic heterocycles. The van der Waals surface area contributed by atoms with Crippen molar-refractivity contribution in [2.45, 2.75) is 49.6 Å². The van der Waals surface area contributed by atoms with Gasteiger partial charge < -0.3 is 18.8 Å². The summed E-state index contributed by atoms with van der Waals surface area (Å²) in [6.07, 6.45) is 1.66. The van der Waals surface area contributed by atoms with Gasteiger partial charge in [0.1, 0.15) is 23.4 Å². The van der Waals surface area contributed by atoms with E-state index in [2.05, 4.69) is 62.0 Å². The third-order valence-electron chi connectivity index (χ3n) is 8.26. The third kappa shape index (κ3) is 5.31. The van der Waals surface area contributed by atoms with Crippen LogP contribution in [0.15, 0.2) is 133 Å². The Morgan fingerprint density at radius 2 is 0.951 bits per heavy atom. The van der Waals surface area contributed by atoms with Crippen molar-refractivity contribution in [2.24, 2.45) is 0 Å². The van der Waals surface area contributed by atoms with E-state index < -0.39 is 30.5 Å². The maximum atomic E-state index is 7.02. The molecule has 4 nitrogen and oxygen atoms in total. The molecule has 0 unspecified atom stereocenters. The number of rotatable bonds is 12. The first-order chi connectivity index (χ1) is 20.1. The van der Waals surface area contributed by atoms with Crippen molar-refractivity contribution >= 4 is 7.12 Å². The van der Waals surface area contributed by atoms with E-state index in [0.717, 1.165) is 47.0 Å². The third-order valence-corrected chi connectivity index (χ3v) is 8.26. The van der Waals surface area contributed by atoms with Crippen LogP contribution in [0.2, 0.25) is 0 Å². The summed E-state index contributed by atoms with van der Waals surface area (Å²) in [5.74, 6) is 0. The average Bonchev–Trinajstić information content (AvgIpc) is 3.49. The van der Waals surface area contributed by atoms with Gasteiger partial charge in [-0.15, -0.1) is 6.58 Å². The van der Waals surface area contributed by atoms with Crippen molar-refractivity contribution in [1.82, 2.24) is 0 Å². The molecule has 0 bridgehead atoms. The largest absolute Gasteiger partial charge is 0.489 e. The maximum Gasteiger partial charge on any atom is 0.489 e. The second kappa shape index (κ2) is 13.0. The first kappa shape index (κ1) is 29.0. The number of hydrogen-bond donors (Lipinski definition) is 0. The van der Waals surface area contributed by atoms with E-state index in [1.165, 1.54) is 0 Å². The molecule has 0 aliphatic carbocycles. The fourth-order valence-electron chi connectivity index (χ4n) is 6.21. The van der Waals surface area contributed by atoms with Gasteiger partial charge in [0.15, 0.2) is 0 Å². The molecule has 210 valence electrons. The Hall–Kier alpha value is -3.48. The average molecular weight is 547 g/mol. The summed E-state index contributed by atoms with van der Waals surface area (Å²) in [5.41, 5.74) is 2.77. The second-order valence-electron chi connectivity index (χ2n) is 10.6. The smallest absolute Gasteiger partial charge is 0.398 e. The number of methoxy groups -OCH3 is 2. The summed E-state index contributed by atoms with van der Waals surface area (Å²) in [6.45, 7) is 6.60. The van der Waals surface area contributed by atoms with E-state index >= 15 is 0 Å². The molecular weight excluding hydrogens is 507 g/mol. The normalized spacial score (nSPS) is 17.5. The molecule has 5 rings (SSSR count). The molecule has 0 N–H and O–H groups in total. The maximum absolute atomic E-state index is 7.02. The SMILES string of the molecule is C=C(CCCC)B1O[C@@H](C(OC)(c2ccccc2)c2ccccc2)[C@H](C(OC)(c2ccccc2)c2ccccc2)O1. The highest BCUT2D eigenvalue weighted by atomic mass is 16.7. The predicted molar refractivity (Wildman–Crippen MR) is 166 cm³/mol. The lowest BCUT2D eigenvalue weighted by atomic mass is 9.71. The van der Waals surface area contributed by atoms with Gasteiger partial charge in [0.05, 0.1) is 0 Å². The number of hydrogen-bond acceptors (Lipinski definition) is 4. The number of unbranched alkanes of at least 4 members (excludes halogenated alkanes) is 1. The Balaban J connectivity index is 1.78. The van der Waals surface area contributed by atoms with Crippen molar-refractivity contribution in [3.8, 4) is 0 Å². The molecule has 0 radical (unpaired) electrons. The predicted octanol–water partition coefficient (Wildman–Crippen LogP) is 7.72. The molecule has 0 spiro atoms. The van der Waals surface area contributed by atoms with Crippen molar-refractivity contribution in [2.75, 3.05) is 14.2 Å². The van der Waals surface area contributed by atoms with Gasteiger partial charge >= 0.3 is 7.12 Å². The molecule has 0 saturated carbocycles. The number of benzene rings is 4. The minimum absolute atomic E-state index is 0.610. The zero-order valence-corrected chi connectivity index (χ0v) is 24.2. The minimum atomic E-state index is -1.01. The first-order valence-corrected chi connectivity index (χ1v) is 14.4. The van der Waals surface area contributed by atoms with E-state index in [0.29, 0.717) is 0 Å². The highest BCUT2D eigenvalue weighted by Gasteiger charge is 2.62. The lowest BCUT2D eigenvalue weighted by molar-refractivity contribution is -0.136. The molecule has 2 atom stereocenters. The molecule has 1 aliphatic rings.